The monoisotopic (exact) mass is 311 g/mol. The minimum absolute atomic E-state index is 0.415. The van der Waals surface area contributed by atoms with Gasteiger partial charge in [0.05, 0.1) is 5.25 Å². The molecule has 0 radical (unpaired) electrons. The molecule has 0 saturated heterocycles. The second kappa shape index (κ2) is 6.28. The number of carboxylic acid groups (broad SMARTS) is 1. The third kappa shape index (κ3) is 2.88. The van der Waals surface area contributed by atoms with E-state index in [0.717, 1.165) is 16.6 Å². The van der Waals surface area contributed by atoms with Crippen LogP contribution in [-0.4, -0.2) is 20.7 Å². The van der Waals surface area contributed by atoms with E-state index in [1.807, 2.05) is 36.5 Å². The van der Waals surface area contributed by atoms with Gasteiger partial charge in [0.1, 0.15) is 0 Å². The molecule has 2 heterocycles. The van der Waals surface area contributed by atoms with E-state index in [-0.39, 0.29) is 0 Å². The Morgan fingerprint density at radius 3 is 2.64 bits per heavy atom. The molecule has 4 heteroatoms. The van der Waals surface area contributed by atoms with Crippen molar-refractivity contribution in [3.63, 3.8) is 0 Å². The van der Waals surface area contributed by atoms with E-state index >= 15 is 0 Å². The van der Waals surface area contributed by atoms with Gasteiger partial charge in [0.2, 0.25) is 0 Å². The van der Waals surface area contributed by atoms with Gasteiger partial charge in [-0.2, -0.15) is 0 Å². The second-order valence-corrected chi connectivity index (χ2v) is 6.50. The molecule has 0 bridgehead atoms. The summed E-state index contributed by atoms with van der Waals surface area (Å²) in [6.45, 7) is 1.73. The van der Waals surface area contributed by atoms with Crippen molar-refractivity contribution in [3.05, 3.63) is 66.5 Å². The summed E-state index contributed by atoms with van der Waals surface area (Å²) in [4.78, 5) is 11.1. The highest BCUT2D eigenvalue weighted by Crippen LogP contribution is 2.32. The minimum atomic E-state index is -0.769. The average molecular weight is 311 g/mol. The van der Waals surface area contributed by atoms with Crippen molar-refractivity contribution in [3.8, 4) is 11.1 Å². The highest BCUT2D eigenvalue weighted by molar-refractivity contribution is 7.99. The lowest BCUT2D eigenvalue weighted by atomic mass is 10.0. The molecule has 3 rings (SSSR count). The van der Waals surface area contributed by atoms with Crippen molar-refractivity contribution in [2.45, 2.75) is 17.9 Å². The summed E-state index contributed by atoms with van der Waals surface area (Å²) in [5, 5.41) is 8.67. The molecule has 0 amide bonds. The van der Waals surface area contributed by atoms with E-state index in [0.29, 0.717) is 5.75 Å². The molecule has 0 aliphatic carbocycles. The highest BCUT2D eigenvalue weighted by atomic mass is 32.2. The lowest BCUT2D eigenvalue weighted by Crippen LogP contribution is -2.11. The van der Waals surface area contributed by atoms with E-state index < -0.39 is 11.2 Å². The van der Waals surface area contributed by atoms with Crippen LogP contribution >= 0.6 is 11.8 Å². The van der Waals surface area contributed by atoms with Gasteiger partial charge in [0.15, 0.2) is 0 Å². The van der Waals surface area contributed by atoms with Gasteiger partial charge in [0.25, 0.3) is 0 Å². The molecule has 0 aliphatic heterocycles. The molecule has 1 N–H and O–H groups in total. The van der Waals surface area contributed by atoms with Crippen molar-refractivity contribution < 1.29 is 9.90 Å². The number of hydrogen-bond donors (Lipinski definition) is 1. The molecule has 0 saturated carbocycles. The van der Waals surface area contributed by atoms with Crippen LogP contribution in [0.15, 0.2) is 60.9 Å². The molecule has 1 aromatic carbocycles. The van der Waals surface area contributed by atoms with E-state index in [9.17, 15) is 4.79 Å². The van der Waals surface area contributed by atoms with Crippen LogP contribution in [0.25, 0.3) is 16.6 Å². The molecule has 3 aromatic rings. The number of nitrogens with zero attached hydrogens (tertiary/aromatic N) is 1. The number of carbonyl (C=O) groups is 1. The van der Waals surface area contributed by atoms with E-state index in [1.54, 1.807) is 6.92 Å². The van der Waals surface area contributed by atoms with E-state index in [4.69, 9.17) is 5.11 Å². The molecule has 0 aliphatic rings. The highest BCUT2D eigenvalue weighted by Gasteiger charge is 2.16. The first-order valence-electron chi connectivity index (χ1n) is 7.15. The minimum Gasteiger partial charge on any atom is -0.480 e. The number of hydrogen-bond acceptors (Lipinski definition) is 2. The van der Waals surface area contributed by atoms with Crippen LogP contribution in [-0.2, 0) is 10.5 Å². The van der Waals surface area contributed by atoms with Crippen molar-refractivity contribution >= 4 is 23.2 Å². The average Bonchev–Trinajstić information content (AvgIpc) is 2.92. The Balaban J connectivity index is 2.04. The number of benzene rings is 1. The maximum absolute atomic E-state index is 11.1. The van der Waals surface area contributed by atoms with Crippen molar-refractivity contribution in [1.82, 2.24) is 4.40 Å². The molecule has 0 fully saturated rings. The van der Waals surface area contributed by atoms with Crippen LogP contribution in [0.5, 0.6) is 0 Å². The van der Waals surface area contributed by atoms with Gasteiger partial charge in [-0.3, -0.25) is 4.79 Å². The predicted octanol–water partition coefficient (Wildman–Crippen LogP) is 4.31. The number of pyridine rings is 1. The summed E-state index contributed by atoms with van der Waals surface area (Å²) in [6.07, 6.45) is 4.14. The van der Waals surface area contributed by atoms with Crippen molar-refractivity contribution in [2.75, 3.05) is 0 Å². The fourth-order valence-electron chi connectivity index (χ4n) is 2.48. The predicted molar refractivity (Wildman–Crippen MR) is 91.2 cm³/mol. The van der Waals surface area contributed by atoms with Crippen LogP contribution < -0.4 is 0 Å². The fourth-order valence-corrected chi connectivity index (χ4v) is 3.34. The van der Waals surface area contributed by atoms with Gasteiger partial charge in [-0.1, -0.05) is 36.4 Å². The standard InChI is InChI=1S/C18H17NO2S/c1-13(18(20)21)22-12-16-15(14-7-3-2-4-8-14)11-19-10-6-5-9-17(16)19/h2-11,13H,12H2,1H3,(H,20,21). The summed E-state index contributed by atoms with van der Waals surface area (Å²) in [5.41, 5.74) is 4.64. The summed E-state index contributed by atoms with van der Waals surface area (Å²) in [5.74, 6) is -0.0899. The van der Waals surface area contributed by atoms with Crippen LogP contribution in [0, 0.1) is 0 Å². The molecule has 1 unspecified atom stereocenters. The quantitative estimate of drug-likeness (QED) is 0.763. The maximum Gasteiger partial charge on any atom is 0.316 e. The van der Waals surface area contributed by atoms with Gasteiger partial charge in [-0.15, -0.1) is 11.8 Å². The second-order valence-electron chi connectivity index (χ2n) is 5.17. The van der Waals surface area contributed by atoms with Crippen molar-refractivity contribution in [2.24, 2.45) is 0 Å². The fraction of sp³-hybridized carbons (Fsp3) is 0.167. The van der Waals surface area contributed by atoms with Crippen LogP contribution in [0.2, 0.25) is 0 Å². The normalized spacial score (nSPS) is 12.4. The van der Waals surface area contributed by atoms with Gasteiger partial charge < -0.3 is 9.51 Å². The first kappa shape index (κ1) is 14.7. The van der Waals surface area contributed by atoms with Crippen molar-refractivity contribution in [1.29, 1.82) is 0 Å². The van der Waals surface area contributed by atoms with Gasteiger partial charge in [-0.25, -0.2) is 0 Å². The van der Waals surface area contributed by atoms with Gasteiger partial charge >= 0.3 is 5.97 Å². The molecule has 2 aromatic heterocycles. The first-order chi connectivity index (χ1) is 10.7. The van der Waals surface area contributed by atoms with Gasteiger partial charge in [-0.05, 0) is 30.2 Å². The van der Waals surface area contributed by atoms with Gasteiger partial charge in [0, 0.05) is 29.2 Å². The molecular formula is C18H17NO2S. The Morgan fingerprint density at radius 2 is 1.91 bits per heavy atom. The van der Waals surface area contributed by atoms with E-state index in [2.05, 4.69) is 28.8 Å². The summed E-state index contributed by atoms with van der Waals surface area (Å²) in [6, 6.07) is 16.3. The Labute approximate surface area is 133 Å². The van der Waals surface area contributed by atoms with Crippen LogP contribution in [0.4, 0.5) is 0 Å². The Bertz CT molecular complexity index is 795. The molecule has 1 atom stereocenters. The molecular weight excluding hydrogens is 294 g/mol. The molecule has 0 spiro atoms. The zero-order valence-electron chi connectivity index (χ0n) is 12.3. The number of rotatable bonds is 5. The third-order valence-corrected chi connectivity index (χ3v) is 4.86. The lowest BCUT2D eigenvalue weighted by molar-refractivity contribution is -0.136. The molecule has 112 valence electrons. The lowest BCUT2D eigenvalue weighted by Gasteiger charge is -2.08. The smallest absolute Gasteiger partial charge is 0.316 e. The first-order valence-corrected chi connectivity index (χ1v) is 8.20. The largest absolute Gasteiger partial charge is 0.480 e. The Kier molecular flexibility index (Phi) is 4.20. The summed E-state index contributed by atoms with van der Waals surface area (Å²) in [7, 11) is 0. The van der Waals surface area contributed by atoms with Crippen LogP contribution in [0.3, 0.4) is 0 Å². The number of aromatic nitrogens is 1. The Hall–Kier alpha value is -2.20. The number of carboxylic acids is 1. The zero-order chi connectivity index (χ0) is 15.5. The van der Waals surface area contributed by atoms with E-state index in [1.165, 1.54) is 17.3 Å². The number of thioether (sulfide) groups is 1. The number of aliphatic carboxylic acids is 1. The third-order valence-electron chi connectivity index (χ3n) is 3.70. The number of fused-ring (bicyclic) bond motifs is 1. The Morgan fingerprint density at radius 1 is 1.18 bits per heavy atom. The topological polar surface area (TPSA) is 41.7 Å². The SMILES string of the molecule is CC(SCc1c(-c2ccccc2)cn2ccccc12)C(=O)O. The molecule has 22 heavy (non-hydrogen) atoms. The summed E-state index contributed by atoms with van der Waals surface area (Å²) >= 11 is 1.45. The molecule has 3 nitrogen and oxygen atoms in total. The maximum atomic E-state index is 11.1. The zero-order valence-corrected chi connectivity index (χ0v) is 13.1. The van der Waals surface area contributed by atoms with Crippen LogP contribution in [0.1, 0.15) is 12.5 Å². The summed E-state index contributed by atoms with van der Waals surface area (Å²) < 4.78 is 2.10.